The van der Waals surface area contributed by atoms with Gasteiger partial charge in [0.15, 0.2) is 0 Å². The first-order valence-electron chi connectivity index (χ1n) is 5.76. The Morgan fingerprint density at radius 1 is 1.28 bits per heavy atom. The third kappa shape index (κ3) is 3.10. The molecule has 0 radical (unpaired) electrons. The first kappa shape index (κ1) is 12.2. The van der Waals surface area contributed by atoms with Crippen molar-refractivity contribution in [3.05, 3.63) is 42.7 Å². The Kier molecular flexibility index (Phi) is 3.62. The summed E-state index contributed by atoms with van der Waals surface area (Å²) in [6.07, 6.45) is 3.51. The molecule has 1 atom stereocenters. The Bertz CT molecular complexity index is 521. The molecular weight excluding hydrogens is 228 g/mol. The van der Waals surface area contributed by atoms with Crippen LogP contribution >= 0.6 is 0 Å². The van der Waals surface area contributed by atoms with Crippen molar-refractivity contribution >= 4 is 17.3 Å². The molecule has 1 heterocycles. The minimum Gasteiger partial charge on any atom is -0.371 e. The summed E-state index contributed by atoms with van der Waals surface area (Å²) in [5.41, 5.74) is 1.62. The van der Waals surface area contributed by atoms with Gasteiger partial charge in [-0.15, -0.1) is 0 Å². The van der Waals surface area contributed by atoms with Crippen LogP contribution in [0.15, 0.2) is 42.7 Å². The molecule has 18 heavy (non-hydrogen) atoms. The molecule has 0 saturated heterocycles. The number of carbonyl (C=O) groups is 1. The highest BCUT2D eigenvalue weighted by molar-refractivity contribution is 5.96. The Morgan fingerprint density at radius 2 is 2.00 bits per heavy atom. The smallest absolute Gasteiger partial charge is 0.246 e. The van der Waals surface area contributed by atoms with E-state index in [2.05, 4.69) is 15.7 Å². The number of hydrogen-bond acceptors (Lipinski definition) is 3. The number of anilines is 2. The van der Waals surface area contributed by atoms with Crippen LogP contribution in [0.4, 0.5) is 11.4 Å². The maximum absolute atomic E-state index is 11.9. The lowest BCUT2D eigenvalue weighted by Gasteiger charge is -2.13. The molecule has 2 N–H and O–H groups in total. The van der Waals surface area contributed by atoms with E-state index in [0.717, 1.165) is 11.4 Å². The molecule has 1 unspecified atom stereocenters. The van der Waals surface area contributed by atoms with E-state index >= 15 is 0 Å². The molecule has 0 spiro atoms. The van der Waals surface area contributed by atoms with E-state index in [-0.39, 0.29) is 11.9 Å². The number of nitrogens with one attached hydrogen (secondary N) is 2. The zero-order valence-electron chi connectivity index (χ0n) is 10.4. The third-order valence-corrected chi connectivity index (χ3v) is 2.52. The van der Waals surface area contributed by atoms with Gasteiger partial charge < -0.3 is 10.6 Å². The molecule has 1 aromatic heterocycles. The molecule has 2 aromatic rings. The summed E-state index contributed by atoms with van der Waals surface area (Å²) in [7, 11) is 1.83. The van der Waals surface area contributed by atoms with Crippen LogP contribution in [0.3, 0.4) is 0 Å². The molecule has 5 heteroatoms. The van der Waals surface area contributed by atoms with Crippen molar-refractivity contribution in [1.29, 1.82) is 0 Å². The van der Waals surface area contributed by atoms with Crippen molar-refractivity contribution in [2.24, 2.45) is 7.05 Å². The molecular formula is C13H16N4O. The minimum atomic E-state index is -0.325. The summed E-state index contributed by atoms with van der Waals surface area (Å²) in [4.78, 5) is 11.9. The van der Waals surface area contributed by atoms with Crippen molar-refractivity contribution in [3.63, 3.8) is 0 Å². The van der Waals surface area contributed by atoms with Crippen molar-refractivity contribution < 1.29 is 4.79 Å². The van der Waals surface area contributed by atoms with Gasteiger partial charge in [-0.25, -0.2) is 0 Å². The minimum absolute atomic E-state index is 0.0787. The molecule has 5 nitrogen and oxygen atoms in total. The van der Waals surface area contributed by atoms with E-state index in [1.165, 1.54) is 0 Å². The summed E-state index contributed by atoms with van der Waals surface area (Å²) in [6.45, 7) is 1.81. The highest BCUT2D eigenvalue weighted by Crippen LogP contribution is 2.09. The van der Waals surface area contributed by atoms with Gasteiger partial charge in [0.25, 0.3) is 0 Å². The second-order valence-corrected chi connectivity index (χ2v) is 4.12. The fourth-order valence-corrected chi connectivity index (χ4v) is 1.58. The summed E-state index contributed by atoms with van der Waals surface area (Å²) < 4.78 is 1.68. The first-order chi connectivity index (χ1) is 8.65. The maximum atomic E-state index is 11.9. The molecule has 94 valence electrons. The molecule has 0 fully saturated rings. The lowest BCUT2D eigenvalue weighted by atomic mass is 10.2. The van der Waals surface area contributed by atoms with Crippen molar-refractivity contribution in [1.82, 2.24) is 9.78 Å². The van der Waals surface area contributed by atoms with Gasteiger partial charge in [0.05, 0.1) is 11.9 Å². The fraction of sp³-hybridized carbons (Fsp3) is 0.231. The summed E-state index contributed by atoms with van der Waals surface area (Å²) >= 11 is 0. The van der Waals surface area contributed by atoms with Gasteiger partial charge in [0.1, 0.15) is 6.04 Å². The van der Waals surface area contributed by atoms with Crippen molar-refractivity contribution in [3.8, 4) is 0 Å². The number of nitrogens with zero attached hydrogens (tertiary/aromatic N) is 2. The summed E-state index contributed by atoms with van der Waals surface area (Å²) in [6, 6.07) is 9.06. The summed E-state index contributed by atoms with van der Waals surface area (Å²) in [5, 5.41) is 9.96. The highest BCUT2D eigenvalue weighted by Gasteiger charge is 2.13. The van der Waals surface area contributed by atoms with Crippen LogP contribution in [0.5, 0.6) is 0 Å². The molecule has 2 rings (SSSR count). The second kappa shape index (κ2) is 5.35. The molecule has 0 bridgehead atoms. The quantitative estimate of drug-likeness (QED) is 0.863. The number of aryl methyl sites for hydroxylation is 1. The van der Waals surface area contributed by atoms with Gasteiger partial charge in [-0.3, -0.25) is 9.48 Å². The number of para-hydroxylation sites is 1. The number of carbonyl (C=O) groups excluding carboxylic acids is 1. The summed E-state index contributed by atoms with van der Waals surface area (Å²) in [5.74, 6) is -0.0787. The number of rotatable bonds is 4. The largest absolute Gasteiger partial charge is 0.371 e. The molecule has 0 saturated carbocycles. The van der Waals surface area contributed by atoms with Crippen LogP contribution < -0.4 is 10.6 Å². The van der Waals surface area contributed by atoms with Crippen LogP contribution in [0.25, 0.3) is 0 Å². The molecule has 1 amide bonds. The van der Waals surface area contributed by atoms with Crippen molar-refractivity contribution in [2.75, 3.05) is 10.6 Å². The number of aromatic nitrogens is 2. The fourth-order valence-electron chi connectivity index (χ4n) is 1.58. The van der Waals surface area contributed by atoms with E-state index < -0.39 is 0 Å². The van der Waals surface area contributed by atoms with Gasteiger partial charge in [-0.1, -0.05) is 18.2 Å². The lowest BCUT2D eigenvalue weighted by molar-refractivity contribution is -0.116. The third-order valence-electron chi connectivity index (χ3n) is 2.52. The van der Waals surface area contributed by atoms with E-state index in [4.69, 9.17) is 0 Å². The van der Waals surface area contributed by atoms with Gasteiger partial charge in [-0.2, -0.15) is 5.10 Å². The molecule has 1 aromatic carbocycles. The van der Waals surface area contributed by atoms with Crippen LogP contribution in [-0.4, -0.2) is 21.7 Å². The molecule has 0 aliphatic carbocycles. The molecule has 0 aliphatic rings. The number of benzene rings is 1. The Labute approximate surface area is 106 Å². The predicted molar refractivity (Wildman–Crippen MR) is 71.4 cm³/mol. The van der Waals surface area contributed by atoms with Crippen LogP contribution in [0.1, 0.15) is 6.92 Å². The van der Waals surface area contributed by atoms with E-state index in [1.54, 1.807) is 10.9 Å². The Morgan fingerprint density at radius 3 is 2.61 bits per heavy atom. The average molecular weight is 244 g/mol. The zero-order chi connectivity index (χ0) is 13.0. The van der Waals surface area contributed by atoms with Crippen molar-refractivity contribution in [2.45, 2.75) is 13.0 Å². The van der Waals surface area contributed by atoms with Gasteiger partial charge >= 0.3 is 0 Å². The van der Waals surface area contributed by atoms with E-state index in [0.29, 0.717) is 0 Å². The normalized spacial score (nSPS) is 11.9. The first-order valence-corrected chi connectivity index (χ1v) is 5.76. The predicted octanol–water partition coefficient (Wildman–Crippen LogP) is 1.86. The van der Waals surface area contributed by atoms with Crippen LogP contribution in [0, 0.1) is 0 Å². The second-order valence-electron chi connectivity index (χ2n) is 4.12. The maximum Gasteiger partial charge on any atom is 0.246 e. The average Bonchev–Trinajstić information content (AvgIpc) is 2.76. The van der Waals surface area contributed by atoms with Crippen LogP contribution in [-0.2, 0) is 11.8 Å². The zero-order valence-corrected chi connectivity index (χ0v) is 10.4. The van der Waals surface area contributed by atoms with Gasteiger partial charge in [0.2, 0.25) is 5.91 Å². The Balaban J connectivity index is 1.93. The topological polar surface area (TPSA) is 59.0 Å². The molecule has 0 aliphatic heterocycles. The lowest BCUT2D eigenvalue weighted by Crippen LogP contribution is -2.31. The highest BCUT2D eigenvalue weighted by atomic mass is 16.2. The van der Waals surface area contributed by atoms with Crippen LogP contribution in [0.2, 0.25) is 0 Å². The number of amides is 1. The standard InChI is InChI=1S/C13H16N4O/c1-10(15-12-8-14-17(2)9-12)13(18)16-11-6-4-3-5-7-11/h3-10,15H,1-2H3,(H,16,18). The number of hydrogen-bond donors (Lipinski definition) is 2. The van der Waals surface area contributed by atoms with Gasteiger partial charge in [-0.05, 0) is 19.1 Å². The monoisotopic (exact) mass is 244 g/mol. The Hall–Kier alpha value is -2.30. The van der Waals surface area contributed by atoms with E-state index in [1.807, 2.05) is 50.5 Å². The van der Waals surface area contributed by atoms with E-state index in [9.17, 15) is 4.79 Å². The van der Waals surface area contributed by atoms with Gasteiger partial charge in [0, 0.05) is 18.9 Å². The SMILES string of the molecule is CC(Nc1cnn(C)c1)C(=O)Nc1ccccc1.